The number of halogens is 5. The second kappa shape index (κ2) is 6.51. The zero-order chi connectivity index (χ0) is 15.6. The minimum Gasteiger partial charge on any atom is -0.207 e. The maximum atomic E-state index is 12.4. The second-order valence-corrected chi connectivity index (χ2v) is 6.55. The van der Waals surface area contributed by atoms with E-state index in [1.807, 2.05) is 0 Å². The molecule has 0 amide bonds. The molecule has 1 aromatic rings. The molecule has 0 saturated carbocycles. The maximum Gasteiger partial charge on any atom is 0.402 e. The Bertz CT molecular complexity index is 576. The van der Waals surface area contributed by atoms with Gasteiger partial charge >= 0.3 is 6.18 Å². The first-order chi connectivity index (χ1) is 9.11. The van der Waals surface area contributed by atoms with Crippen LogP contribution in [0.1, 0.15) is 12.5 Å². The van der Waals surface area contributed by atoms with E-state index in [0.29, 0.717) is 9.87 Å². The van der Waals surface area contributed by atoms with Gasteiger partial charge in [-0.15, -0.1) is 11.6 Å². The molecule has 0 saturated heterocycles. The molecule has 0 heterocycles. The van der Waals surface area contributed by atoms with Gasteiger partial charge in [-0.25, -0.2) is 8.42 Å². The van der Waals surface area contributed by atoms with Crippen LogP contribution in [-0.2, 0) is 15.9 Å². The van der Waals surface area contributed by atoms with E-state index in [2.05, 4.69) is 0 Å². The van der Waals surface area contributed by atoms with E-state index < -0.39 is 22.7 Å². The smallest absolute Gasteiger partial charge is 0.207 e. The van der Waals surface area contributed by atoms with Gasteiger partial charge in [0.15, 0.2) is 0 Å². The predicted molar refractivity (Wildman–Crippen MR) is 71.5 cm³/mol. The van der Waals surface area contributed by atoms with Crippen molar-refractivity contribution < 1.29 is 21.6 Å². The number of nitrogens with zero attached hydrogens (tertiary/aromatic N) is 1. The molecule has 0 atom stereocenters. The molecule has 0 radical (unpaired) electrons. The summed E-state index contributed by atoms with van der Waals surface area (Å²) in [5.74, 6) is -0.0341. The van der Waals surface area contributed by atoms with E-state index in [1.165, 1.54) is 19.1 Å². The minimum atomic E-state index is -4.61. The van der Waals surface area contributed by atoms with Crippen molar-refractivity contribution in [2.24, 2.45) is 0 Å². The summed E-state index contributed by atoms with van der Waals surface area (Å²) >= 11 is 11.4. The van der Waals surface area contributed by atoms with Crippen molar-refractivity contribution in [2.45, 2.75) is 23.9 Å². The topological polar surface area (TPSA) is 37.4 Å². The molecule has 0 aliphatic heterocycles. The summed E-state index contributed by atoms with van der Waals surface area (Å²) in [6.45, 7) is -0.493. The lowest BCUT2D eigenvalue weighted by atomic mass is 10.2. The van der Waals surface area contributed by atoms with Crippen molar-refractivity contribution in [1.29, 1.82) is 0 Å². The first-order valence-electron chi connectivity index (χ1n) is 5.53. The Morgan fingerprint density at radius 1 is 1.30 bits per heavy atom. The fourth-order valence-electron chi connectivity index (χ4n) is 1.53. The molecule has 3 nitrogen and oxygen atoms in total. The highest BCUT2D eigenvalue weighted by Crippen LogP contribution is 2.26. The third-order valence-electron chi connectivity index (χ3n) is 2.51. The largest absolute Gasteiger partial charge is 0.402 e. The van der Waals surface area contributed by atoms with E-state index in [9.17, 15) is 21.6 Å². The summed E-state index contributed by atoms with van der Waals surface area (Å²) in [6, 6.07) is 3.64. The maximum absolute atomic E-state index is 12.4. The van der Waals surface area contributed by atoms with Crippen LogP contribution in [0.5, 0.6) is 0 Å². The Morgan fingerprint density at radius 2 is 1.90 bits per heavy atom. The van der Waals surface area contributed by atoms with Crippen LogP contribution in [0.3, 0.4) is 0 Å². The second-order valence-electron chi connectivity index (χ2n) is 3.93. The summed E-state index contributed by atoms with van der Waals surface area (Å²) in [7, 11) is -4.24. The van der Waals surface area contributed by atoms with E-state index in [1.54, 1.807) is 0 Å². The van der Waals surface area contributed by atoms with Crippen LogP contribution in [0.4, 0.5) is 13.2 Å². The Labute approximate surface area is 125 Å². The summed E-state index contributed by atoms with van der Waals surface area (Å²) in [6.07, 6.45) is -4.61. The van der Waals surface area contributed by atoms with E-state index in [0.717, 1.165) is 6.07 Å². The van der Waals surface area contributed by atoms with Gasteiger partial charge in [0, 0.05) is 17.4 Å². The van der Waals surface area contributed by atoms with Crippen molar-refractivity contribution >= 4 is 33.2 Å². The van der Waals surface area contributed by atoms with Gasteiger partial charge in [0.25, 0.3) is 0 Å². The average molecular weight is 350 g/mol. The fraction of sp³-hybridized carbons (Fsp3) is 0.455. The van der Waals surface area contributed by atoms with Crippen LogP contribution < -0.4 is 0 Å². The van der Waals surface area contributed by atoms with E-state index in [-0.39, 0.29) is 22.3 Å². The third-order valence-corrected chi connectivity index (χ3v) is 5.08. The highest BCUT2D eigenvalue weighted by molar-refractivity contribution is 7.89. The number of hydrogen-bond donors (Lipinski definition) is 0. The SMILES string of the molecule is CCN(CC(F)(F)F)S(=O)(=O)c1ccc(Cl)c(CCl)c1. The van der Waals surface area contributed by atoms with Gasteiger partial charge in [-0.2, -0.15) is 17.5 Å². The molecule has 0 bridgehead atoms. The van der Waals surface area contributed by atoms with E-state index in [4.69, 9.17) is 23.2 Å². The van der Waals surface area contributed by atoms with Crippen molar-refractivity contribution in [2.75, 3.05) is 13.1 Å². The van der Waals surface area contributed by atoms with Crippen LogP contribution in [0.2, 0.25) is 5.02 Å². The van der Waals surface area contributed by atoms with Crippen LogP contribution in [0, 0.1) is 0 Å². The number of rotatable bonds is 5. The molecule has 20 heavy (non-hydrogen) atoms. The van der Waals surface area contributed by atoms with Gasteiger partial charge in [-0.3, -0.25) is 0 Å². The molecule has 0 aliphatic carbocycles. The number of hydrogen-bond acceptors (Lipinski definition) is 2. The molecule has 1 rings (SSSR count). The van der Waals surface area contributed by atoms with Crippen LogP contribution >= 0.6 is 23.2 Å². The van der Waals surface area contributed by atoms with Crippen molar-refractivity contribution in [1.82, 2.24) is 4.31 Å². The predicted octanol–water partition coefficient (Wildman–Crippen LogP) is 3.65. The monoisotopic (exact) mass is 349 g/mol. The molecule has 0 aromatic heterocycles. The molecule has 1 aromatic carbocycles. The van der Waals surface area contributed by atoms with Crippen LogP contribution in [0.25, 0.3) is 0 Å². The summed E-state index contributed by atoms with van der Waals surface area (Å²) in [4.78, 5) is -0.261. The van der Waals surface area contributed by atoms with Crippen molar-refractivity contribution in [3.63, 3.8) is 0 Å². The Hall–Kier alpha value is -0.500. The fourth-order valence-corrected chi connectivity index (χ4v) is 3.49. The molecular weight excluding hydrogens is 338 g/mol. The zero-order valence-corrected chi connectivity index (χ0v) is 12.7. The van der Waals surface area contributed by atoms with Crippen LogP contribution in [-0.4, -0.2) is 32.0 Å². The quantitative estimate of drug-likeness (QED) is 0.761. The molecule has 0 spiro atoms. The lowest BCUT2D eigenvalue weighted by Gasteiger charge is -2.22. The van der Waals surface area contributed by atoms with Gasteiger partial charge in [0.2, 0.25) is 10.0 Å². The number of alkyl halides is 4. The molecule has 9 heteroatoms. The average Bonchev–Trinajstić information content (AvgIpc) is 2.35. The lowest BCUT2D eigenvalue weighted by molar-refractivity contribution is -0.135. The van der Waals surface area contributed by atoms with Crippen molar-refractivity contribution in [3.8, 4) is 0 Å². The molecule has 0 unspecified atom stereocenters. The number of sulfonamides is 1. The summed E-state index contributed by atoms with van der Waals surface area (Å²) < 4.78 is 61.9. The lowest BCUT2D eigenvalue weighted by Crippen LogP contribution is -2.38. The van der Waals surface area contributed by atoms with E-state index >= 15 is 0 Å². The van der Waals surface area contributed by atoms with Gasteiger partial charge < -0.3 is 0 Å². The highest BCUT2D eigenvalue weighted by atomic mass is 35.5. The molecule has 0 aliphatic rings. The zero-order valence-electron chi connectivity index (χ0n) is 10.4. The Balaban J connectivity index is 3.20. The Morgan fingerprint density at radius 3 is 2.35 bits per heavy atom. The molecule has 114 valence electrons. The normalized spacial score (nSPS) is 12.9. The standard InChI is InChI=1S/C11H12Cl2F3NO2S/c1-2-17(7-11(14,15)16)20(18,19)9-3-4-10(13)8(5-9)6-12/h3-5H,2,6-7H2,1H3. The number of benzene rings is 1. The third kappa shape index (κ3) is 4.25. The van der Waals surface area contributed by atoms with Gasteiger partial charge in [-0.05, 0) is 23.8 Å². The minimum absolute atomic E-state index is 0.0341. The Kier molecular flexibility index (Phi) is 5.71. The molecule has 0 N–H and O–H groups in total. The van der Waals surface area contributed by atoms with Gasteiger partial charge in [0.05, 0.1) is 4.90 Å². The van der Waals surface area contributed by atoms with Gasteiger partial charge in [-0.1, -0.05) is 18.5 Å². The summed E-state index contributed by atoms with van der Waals surface area (Å²) in [5.41, 5.74) is 0.345. The highest BCUT2D eigenvalue weighted by Gasteiger charge is 2.36. The van der Waals surface area contributed by atoms with Gasteiger partial charge in [0.1, 0.15) is 6.54 Å². The molecule has 0 fully saturated rings. The summed E-state index contributed by atoms with van der Waals surface area (Å²) in [5, 5.41) is 0.262. The molecular formula is C11H12Cl2F3NO2S. The van der Waals surface area contributed by atoms with Crippen LogP contribution in [0.15, 0.2) is 23.1 Å². The van der Waals surface area contributed by atoms with Crippen molar-refractivity contribution in [3.05, 3.63) is 28.8 Å². The first kappa shape index (κ1) is 17.6. The first-order valence-corrected chi connectivity index (χ1v) is 7.88.